The molecule has 1 N–H and O–H groups in total. The Labute approximate surface area is 192 Å². The number of fused-ring (bicyclic) bond motifs is 2. The monoisotopic (exact) mass is 439 g/mol. The van der Waals surface area contributed by atoms with Gasteiger partial charge >= 0.3 is 6.01 Å². The van der Waals surface area contributed by atoms with Crippen LogP contribution < -0.4 is 14.8 Å². The molecule has 0 radical (unpaired) electrons. The maximum absolute atomic E-state index is 6.10. The number of rotatable bonds is 7. The molecule has 0 amide bonds. The second-order valence-electron chi connectivity index (χ2n) is 8.09. The summed E-state index contributed by atoms with van der Waals surface area (Å²) in [5.74, 6) is 2.14. The third-order valence-electron chi connectivity index (χ3n) is 5.51. The molecule has 0 unspecified atom stereocenters. The Bertz CT molecular complexity index is 1410. The fourth-order valence-electron chi connectivity index (χ4n) is 3.71. The molecule has 0 saturated heterocycles. The quantitative estimate of drug-likeness (QED) is 0.337. The van der Waals surface area contributed by atoms with E-state index in [1.807, 2.05) is 59.2 Å². The number of nitrogens with zero attached hydrogens (tertiary/aromatic N) is 4. The maximum atomic E-state index is 6.10. The minimum absolute atomic E-state index is 0.202. The molecule has 0 spiro atoms. The summed E-state index contributed by atoms with van der Waals surface area (Å²) in [6.07, 6.45) is 1.79. The highest BCUT2D eigenvalue weighted by atomic mass is 16.5. The number of methoxy groups -OCH3 is 1. The van der Waals surface area contributed by atoms with Gasteiger partial charge in [0.05, 0.1) is 13.4 Å². The van der Waals surface area contributed by atoms with Gasteiger partial charge in [-0.05, 0) is 54.4 Å². The molecular weight excluding hydrogens is 414 g/mol. The zero-order valence-corrected chi connectivity index (χ0v) is 18.8. The van der Waals surface area contributed by atoms with E-state index < -0.39 is 0 Å². The summed E-state index contributed by atoms with van der Waals surface area (Å²) in [4.78, 5) is 13.9. The molecule has 3 aromatic carbocycles. The molecule has 7 nitrogen and oxygen atoms in total. The Morgan fingerprint density at radius 2 is 1.67 bits per heavy atom. The van der Waals surface area contributed by atoms with Gasteiger partial charge in [-0.15, -0.1) is 0 Å². The Balaban J connectivity index is 1.48. The van der Waals surface area contributed by atoms with Crippen LogP contribution in [-0.4, -0.2) is 26.6 Å². The van der Waals surface area contributed by atoms with Crippen molar-refractivity contribution >= 4 is 27.8 Å². The molecule has 0 fully saturated rings. The van der Waals surface area contributed by atoms with Crippen LogP contribution in [0.25, 0.3) is 21.9 Å². The highest BCUT2D eigenvalue weighted by Crippen LogP contribution is 2.28. The third kappa shape index (κ3) is 4.30. The Morgan fingerprint density at radius 1 is 0.909 bits per heavy atom. The molecule has 2 heterocycles. The molecule has 0 bridgehead atoms. The fraction of sp³-hybridized carbons (Fsp3) is 0.192. The van der Waals surface area contributed by atoms with Gasteiger partial charge in [0.1, 0.15) is 11.5 Å². The number of aromatic nitrogens is 4. The zero-order chi connectivity index (χ0) is 22.8. The number of imidazole rings is 1. The van der Waals surface area contributed by atoms with Gasteiger partial charge in [0, 0.05) is 12.6 Å². The van der Waals surface area contributed by atoms with Gasteiger partial charge in [0.15, 0.2) is 17.0 Å². The van der Waals surface area contributed by atoms with E-state index in [9.17, 15) is 0 Å². The minimum atomic E-state index is 0.202. The van der Waals surface area contributed by atoms with Crippen molar-refractivity contribution in [3.8, 4) is 17.5 Å². The van der Waals surface area contributed by atoms with E-state index in [2.05, 4.69) is 46.2 Å². The first-order chi connectivity index (χ1) is 16.1. The predicted molar refractivity (Wildman–Crippen MR) is 130 cm³/mol. The Morgan fingerprint density at radius 3 is 2.42 bits per heavy atom. The second kappa shape index (κ2) is 8.78. The van der Waals surface area contributed by atoms with Gasteiger partial charge in [0.2, 0.25) is 0 Å². The van der Waals surface area contributed by atoms with Crippen molar-refractivity contribution < 1.29 is 9.47 Å². The van der Waals surface area contributed by atoms with Crippen molar-refractivity contribution in [3.63, 3.8) is 0 Å². The van der Waals surface area contributed by atoms with E-state index in [1.54, 1.807) is 13.4 Å². The van der Waals surface area contributed by atoms with Gasteiger partial charge < -0.3 is 19.4 Å². The van der Waals surface area contributed by atoms with Crippen molar-refractivity contribution in [1.29, 1.82) is 0 Å². The number of hydrogen-bond acceptors (Lipinski definition) is 6. The first-order valence-corrected chi connectivity index (χ1v) is 10.9. The third-order valence-corrected chi connectivity index (χ3v) is 5.51. The standard InChI is InChI=1S/C26H25N5O2/c1-17(2)31-16-28-23-24(27-15-18-8-11-21(32-3)12-9-18)29-26(30-25(23)31)33-22-13-10-19-6-4-5-7-20(19)14-22/h4-14,16-17H,15H2,1-3H3,(H,27,29,30). The normalized spacial score (nSPS) is 11.3. The number of hydrogen-bond donors (Lipinski definition) is 1. The number of nitrogens with one attached hydrogen (secondary N) is 1. The van der Waals surface area contributed by atoms with Crippen LogP contribution in [0.1, 0.15) is 25.5 Å². The number of anilines is 1. The lowest BCUT2D eigenvalue weighted by molar-refractivity contribution is 0.414. The lowest BCUT2D eigenvalue weighted by Gasteiger charge is -2.12. The molecule has 5 rings (SSSR count). The Kier molecular flexibility index (Phi) is 5.52. The summed E-state index contributed by atoms with van der Waals surface area (Å²) >= 11 is 0. The highest BCUT2D eigenvalue weighted by molar-refractivity contribution is 5.84. The maximum Gasteiger partial charge on any atom is 0.326 e. The van der Waals surface area contributed by atoms with Crippen LogP contribution in [0.3, 0.4) is 0 Å². The average molecular weight is 440 g/mol. The first kappa shape index (κ1) is 20.8. The van der Waals surface area contributed by atoms with Gasteiger partial charge in [-0.25, -0.2) is 4.98 Å². The Hall–Kier alpha value is -4.13. The number of ether oxygens (including phenoxy) is 2. The van der Waals surface area contributed by atoms with Crippen LogP contribution in [0.4, 0.5) is 5.82 Å². The minimum Gasteiger partial charge on any atom is -0.497 e. The van der Waals surface area contributed by atoms with Crippen molar-refractivity contribution in [2.24, 2.45) is 0 Å². The van der Waals surface area contributed by atoms with Crippen LogP contribution in [0, 0.1) is 0 Å². The van der Waals surface area contributed by atoms with E-state index >= 15 is 0 Å². The highest BCUT2D eigenvalue weighted by Gasteiger charge is 2.16. The zero-order valence-electron chi connectivity index (χ0n) is 18.8. The van der Waals surface area contributed by atoms with Crippen molar-refractivity contribution in [1.82, 2.24) is 19.5 Å². The van der Waals surface area contributed by atoms with E-state index in [0.717, 1.165) is 27.7 Å². The molecule has 33 heavy (non-hydrogen) atoms. The predicted octanol–water partition coefficient (Wildman–Crippen LogP) is 5.97. The van der Waals surface area contributed by atoms with Gasteiger partial charge in [0.25, 0.3) is 0 Å². The fourth-order valence-corrected chi connectivity index (χ4v) is 3.71. The summed E-state index contributed by atoms with van der Waals surface area (Å²) in [7, 11) is 1.66. The SMILES string of the molecule is COc1ccc(CNc2nc(Oc3ccc4ccccc4c3)nc3c2ncn3C(C)C)cc1. The van der Waals surface area contributed by atoms with Crippen LogP contribution in [0.5, 0.6) is 17.5 Å². The van der Waals surface area contributed by atoms with E-state index in [4.69, 9.17) is 9.47 Å². The van der Waals surface area contributed by atoms with Crippen LogP contribution in [-0.2, 0) is 6.54 Å². The topological polar surface area (TPSA) is 74.1 Å². The lowest BCUT2D eigenvalue weighted by atomic mass is 10.1. The molecule has 2 aromatic heterocycles. The van der Waals surface area contributed by atoms with Gasteiger partial charge in [-0.2, -0.15) is 9.97 Å². The molecule has 5 aromatic rings. The van der Waals surface area contributed by atoms with Crippen LogP contribution in [0.15, 0.2) is 73.1 Å². The second-order valence-corrected chi connectivity index (χ2v) is 8.09. The summed E-state index contributed by atoms with van der Waals surface area (Å²) < 4.78 is 13.4. The van der Waals surface area contributed by atoms with Crippen molar-refractivity contribution in [3.05, 3.63) is 78.6 Å². The largest absolute Gasteiger partial charge is 0.497 e. The lowest BCUT2D eigenvalue weighted by Crippen LogP contribution is -2.06. The average Bonchev–Trinajstić information content (AvgIpc) is 3.27. The smallest absolute Gasteiger partial charge is 0.326 e. The van der Waals surface area contributed by atoms with Crippen LogP contribution in [0.2, 0.25) is 0 Å². The molecule has 0 aliphatic rings. The molecule has 0 atom stereocenters. The molecule has 166 valence electrons. The van der Waals surface area contributed by atoms with Crippen molar-refractivity contribution in [2.45, 2.75) is 26.4 Å². The van der Waals surface area contributed by atoms with Crippen molar-refractivity contribution in [2.75, 3.05) is 12.4 Å². The molecular formula is C26H25N5O2. The molecule has 0 aliphatic carbocycles. The van der Waals surface area contributed by atoms with Gasteiger partial charge in [-0.1, -0.05) is 42.5 Å². The summed E-state index contributed by atoms with van der Waals surface area (Å²) in [5, 5.41) is 5.65. The molecule has 7 heteroatoms. The summed E-state index contributed by atoms with van der Waals surface area (Å²) in [6.45, 7) is 4.77. The molecule has 0 saturated carbocycles. The van der Waals surface area contributed by atoms with E-state index in [-0.39, 0.29) is 12.1 Å². The molecule has 0 aliphatic heterocycles. The number of benzene rings is 3. The van der Waals surface area contributed by atoms with Gasteiger partial charge in [-0.3, -0.25) is 0 Å². The van der Waals surface area contributed by atoms with Crippen LogP contribution >= 0.6 is 0 Å². The summed E-state index contributed by atoms with van der Waals surface area (Å²) in [6, 6.07) is 22.5. The first-order valence-electron chi connectivity index (χ1n) is 10.9. The van der Waals surface area contributed by atoms with E-state index in [1.165, 1.54) is 0 Å². The van der Waals surface area contributed by atoms with E-state index in [0.29, 0.717) is 23.6 Å². The summed E-state index contributed by atoms with van der Waals surface area (Å²) in [5.41, 5.74) is 2.54.